The Morgan fingerprint density at radius 1 is 1.07 bits per heavy atom. The molecule has 5 heteroatoms. The summed E-state index contributed by atoms with van der Waals surface area (Å²) in [6.45, 7) is 2.25. The molecule has 3 atom stereocenters. The maximum atomic E-state index is 13.4. The van der Waals surface area contributed by atoms with Crippen molar-refractivity contribution in [3.05, 3.63) is 66.2 Å². The van der Waals surface area contributed by atoms with Gasteiger partial charge in [0.15, 0.2) is 6.04 Å². The quantitative estimate of drug-likeness (QED) is 0.280. The number of likely N-dealkylation sites (N-methyl/N-ethyl adjacent to an activating group) is 1. The second kappa shape index (κ2) is 8.19. The minimum atomic E-state index is -0.451. The van der Waals surface area contributed by atoms with E-state index in [1.165, 1.54) is 0 Å². The summed E-state index contributed by atoms with van der Waals surface area (Å²) in [5, 5.41) is 0. The maximum absolute atomic E-state index is 13.4. The van der Waals surface area contributed by atoms with E-state index in [0.29, 0.717) is 5.92 Å². The van der Waals surface area contributed by atoms with Crippen molar-refractivity contribution in [2.24, 2.45) is 5.92 Å². The number of carbonyl (C=O) groups excluding carboxylic acids is 1. The lowest BCUT2D eigenvalue weighted by atomic mass is 9.86. The van der Waals surface area contributed by atoms with Crippen LogP contribution < -0.4 is 4.90 Å². The molecule has 3 saturated heterocycles. The summed E-state index contributed by atoms with van der Waals surface area (Å²) in [5.41, 5.74) is 1.96. The molecule has 3 fully saturated rings. The van der Waals surface area contributed by atoms with Crippen LogP contribution in [0.3, 0.4) is 0 Å². The Morgan fingerprint density at radius 2 is 1.67 bits per heavy atom. The summed E-state index contributed by atoms with van der Waals surface area (Å²) in [4.78, 5) is 17.8. The first-order valence-electron chi connectivity index (χ1n) is 9.56. The molecule has 0 spiro atoms. The number of para-hydroxylation sites is 1. The maximum Gasteiger partial charge on any atom is 0.333 e. The van der Waals surface area contributed by atoms with Gasteiger partial charge in [-0.05, 0) is 43.6 Å². The lowest BCUT2D eigenvalue weighted by Crippen LogP contribution is -2.56. The number of esters is 1. The number of carbonyl (C=O) groups is 1. The van der Waals surface area contributed by atoms with Gasteiger partial charge in [0, 0.05) is 18.7 Å². The number of hydrogen-bond donors (Lipinski definition) is 0. The van der Waals surface area contributed by atoms with Crippen LogP contribution in [0.1, 0.15) is 24.4 Å². The van der Waals surface area contributed by atoms with Gasteiger partial charge in [-0.3, -0.25) is 4.90 Å². The number of ether oxygens (including phenoxy) is 1. The number of hydrogen-bond acceptors (Lipinski definition) is 4. The van der Waals surface area contributed by atoms with Crippen LogP contribution in [0.15, 0.2) is 60.7 Å². The first-order valence-corrected chi connectivity index (χ1v) is 10.8. The number of benzene rings is 2. The number of alkyl halides is 1. The van der Waals surface area contributed by atoms with Crippen LogP contribution in [-0.4, -0.2) is 41.2 Å². The van der Waals surface area contributed by atoms with Gasteiger partial charge in [0.2, 0.25) is 0 Å². The Balaban J connectivity index is 1.59. The zero-order valence-electron chi connectivity index (χ0n) is 15.5. The molecule has 2 aromatic rings. The van der Waals surface area contributed by atoms with E-state index in [0.717, 1.165) is 37.2 Å². The SMILES string of the molecule is CN(c1ccccc1)C(C(=O)OC1C2CCN(CC2)C1I)c1ccccc1. The summed E-state index contributed by atoms with van der Waals surface area (Å²) < 4.78 is 6.44. The molecule has 4 nitrogen and oxygen atoms in total. The van der Waals surface area contributed by atoms with Crippen molar-refractivity contribution in [2.45, 2.75) is 29.0 Å². The highest BCUT2D eigenvalue weighted by atomic mass is 127. The Hall–Kier alpha value is -1.60. The molecule has 0 aromatic heterocycles. The molecule has 2 bridgehead atoms. The molecule has 27 heavy (non-hydrogen) atoms. The predicted molar refractivity (Wildman–Crippen MR) is 116 cm³/mol. The van der Waals surface area contributed by atoms with Crippen LogP contribution in [-0.2, 0) is 9.53 Å². The van der Waals surface area contributed by atoms with Gasteiger partial charge < -0.3 is 9.64 Å². The second-order valence-electron chi connectivity index (χ2n) is 7.41. The van der Waals surface area contributed by atoms with E-state index in [4.69, 9.17) is 4.74 Å². The largest absolute Gasteiger partial charge is 0.458 e. The molecular weight excluding hydrogens is 451 g/mol. The van der Waals surface area contributed by atoms with Crippen LogP contribution >= 0.6 is 22.6 Å². The summed E-state index contributed by atoms with van der Waals surface area (Å²) >= 11 is 2.45. The molecule has 142 valence electrons. The van der Waals surface area contributed by atoms with Crippen LogP contribution in [0.4, 0.5) is 5.69 Å². The van der Waals surface area contributed by atoms with E-state index < -0.39 is 6.04 Å². The fourth-order valence-electron chi connectivity index (χ4n) is 4.24. The van der Waals surface area contributed by atoms with E-state index in [1.807, 2.05) is 72.6 Å². The third-order valence-corrected chi connectivity index (χ3v) is 7.30. The van der Waals surface area contributed by atoms with Crippen molar-refractivity contribution in [1.82, 2.24) is 4.90 Å². The standard InChI is InChI=1S/C22H25IN2O2/c1-24(18-10-6-3-7-11-18)19(16-8-4-2-5-9-16)22(26)27-20-17-12-14-25(15-13-17)21(20)23/h2-11,17,19-21H,12-15H2,1H3. The average Bonchev–Trinajstić information content (AvgIpc) is 2.72. The highest BCUT2D eigenvalue weighted by molar-refractivity contribution is 14.1. The molecular formula is C22H25IN2O2. The molecule has 0 N–H and O–H groups in total. The van der Waals surface area contributed by atoms with Crippen LogP contribution in [0, 0.1) is 5.92 Å². The summed E-state index contributed by atoms with van der Waals surface area (Å²) in [5.74, 6) is 0.326. The molecule has 2 aromatic carbocycles. The number of fused-ring (bicyclic) bond motifs is 3. The van der Waals surface area contributed by atoms with E-state index in [2.05, 4.69) is 27.5 Å². The van der Waals surface area contributed by atoms with Crippen LogP contribution in [0.25, 0.3) is 0 Å². The van der Waals surface area contributed by atoms with Gasteiger partial charge in [-0.15, -0.1) is 0 Å². The Kier molecular flexibility index (Phi) is 5.68. The van der Waals surface area contributed by atoms with E-state index >= 15 is 0 Å². The molecule has 0 amide bonds. The van der Waals surface area contributed by atoms with Gasteiger partial charge in [-0.25, -0.2) is 4.79 Å². The van der Waals surface area contributed by atoms with Crippen LogP contribution in [0.2, 0.25) is 0 Å². The van der Waals surface area contributed by atoms with Gasteiger partial charge in [-0.2, -0.15) is 0 Å². The third-order valence-electron chi connectivity index (χ3n) is 5.80. The van der Waals surface area contributed by atoms with Crippen LogP contribution in [0.5, 0.6) is 0 Å². The molecule has 0 aliphatic carbocycles. The number of nitrogens with zero attached hydrogens (tertiary/aromatic N) is 2. The van der Waals surface area contributed by atoms with Gasteiger partial charge in [-0.1, -0.05) is 71.1 Å². The molecule has 0 radical (unpaired) electrons. The van der Waals surface area contributed by atoms with Crippen molar-refractivity contribution in [3.63, 3.8) is 0 Å². The zero-order chi connectivity index (χ0) is 18.8. The van der Waals surface area contributed by atoms with Crippen molar-refractivity contribution in [1.29, 1.82) is 0 Å². The van der Waals surface area contributed by atoms with Crippen molar-refractivity contribution in [3.8, 4) is 0 Å². The predicted octanol–water partition coefficient (Wildman–Crippen LogP) is 4.26. The monoisotopic (exact) mass is 476 g/mol. The highest BCUT2D eigenvalue weighted by Crippen LogP contribution is 2.38. The minimum absolute atomic E-state index is 0.0176. The first kappa shape index (κ1) is 18.7. The molecule has 3 aliphatic rings. The fraction of sp³-hybridized carbons (Fsp3) is 0.409. The molecule has 3 heterocycles. The number of halogens is 1. The van der Waals surface area contributed by atoms with Gasteiger partial charge in [0.25, 0.3) is 0 Å². The Labute approximate surface area is 174 Å². The van der Waals surface area contributed by atoms with Crippen molar-refractivity contribution >= 4 is 34.2 Å². The summed E-state index contributed by atoms with van der Waals surface area (Å²) in [7, 11) is 1.96. The smallest absolute Gasteiger partial charge is 0.333 e. The van der Waals surface area contributed by atoms with Crippen molar-refractivity contribution in [2.75, 3.05) is 25.0 Å². The first-order chi connectivity index (χ1) is 13.1. The summed E-state index contributed by atoms with van der Waals surface area (Å²) in [6.07, 6.45) is 2.24. The Bertz CT molecular complexity index is 760. The second-order valence-corrected chi connectivity index (χ2v) is 8.68. The van der Waals surface area contributed by atoms with E-state index in [1.54, 1.807) is 0 Å². The average molecular weight is 476 g/mol. The van der Waals surface area contributed by atoms with Crippen molar-refractivity contribution < 1.29 is 9.53 Å². The number of rotatable bonds is 5. The topological polar surface area (TPSA) is 32.8 Å². The zero-order valence-corrected chi connectivity index (χ0v) is 17.7. The van der Waals surface area contributed by atoms with E-state index in [-0.39, 0.29) is 16.1 Å². The summed E-state index contributed by atoms with van der Waals surface area (Å²) in [6, 6.07) is 19.5. The third kappa shape index (κ3) is 3.85. The lowest BCUT2D eigenvalue weighted by molar-refractivity contribution is -0.161. The van der Waals surface area contributed by atoms with Gasteiger partial charge in [0.1, 0.15) is 6.10 Å². The number of piperidine rings is 3. The lowest BCUT2D eigenvalue weighted by Gasteiger charge is -2.48. The molecule has 3 aliphatic heterocycles. The fourth-order valence-corrected chi connectivity index (χ4v) is 5.53. The van der Waals surface area contributed by atoms with Gasteiger partial charge >= 0.3 is 5.97 Å². The normalized spacial score (nSPS) is 27.8. The van der Waals surface area contributed by atoms with Gasteiger partial charge in [0.05, 0.1) is 4.05 Å². The Morgan fingerprint density at radius 3 is 2.26 bits per heavy atom. The molecule has 3 unspecified atom stereocenters. The van der Waals surface area contributed by atoms with E-state index in [9.17, 15) is 4.79 Å². The highest BCUT2D eigenvalue weighted by Gasteiger charge is 2.44. The minimum Gasteiger partial charge on any atom is -0.458 e. The number of anilines is 1. The molecule has 0 saturated carbocycles. The molecule has 5 rings (SSSR count).